The van der Waals surface area contributed by atoms with E-state index in [0.29, 0.717) is 19.4 Å². The average Bonchev–Trinajstić information content (AvgIpc) is 2.83. The van der Waals surface area contributed by atoms with Gasteiger partial charge >= 0.3 is 0 Å². The summed E-state index contributed by atoms with van der Waals surface area (Å²) in [6.45, 7) is 2.47. The molecule has 1 unspecified atom stereocenters. The number of nitrogens with zero attached hydrogens (tertiary/aromatic N) is 2. The fourth-order valence-electron chi connectivity index (χ4n) is 1.90. The van der Waals surface area contributed by atoms with Gasteiger partial charge < -0.3 is 15.1 Å². The van der Waals surface area contributed by atoms with E-state index < -0.39 is 0 Å². The Hall–Kier alpha value is -1.88. The van der Waals surface area contributed by atoms with Crippen molar-refractivity contribution < 1.29 is 9.21 Å². The summed E-state index contributed by atoms with van der Waals surface area (Å²) < 4.78 is 5.25. The number of hydrogen-bond donors (Lipinski definition) is 1. The van der Waals surface area contributed by atoms with Crippen LogP contribution in [0.4, 0.5) is 0 Å². The number of rotatable bonds is 5. The molecule has 102 valence electrons. The normalized spacial score (nSPS) is 12.6. The van der Waals surface area contributed by atoms with Gasteiger partial charge in [0, 0.05) is 26.1 Å². The Labute approximate surface area is 112 Å². The second kappa shape index (κ2) is 5.84. The first-order valence-electron chi connectivity index (χ1n) is 6.38. The lowest BCUT2D eigenvalue weighted by Gasteiger charge is -2.17. The minimum Gasteiger partial charge on any atom is -0.443 e. The van der Waals surface area contributed by atoms with Crippen molar-refractivity contribution in [2.75, 3.05) is 7.05 Å². The third-order valence-electron chi connectivity index (χ3n) is 3.05. The van der Waals surface area contributed by atoms with Crippen molar-refractivity contribution in [2.24, 2.45) is 5.73 Å². The Morgan fingerprint density at radius 3 is 3.05 bits per heavy atom. The molecule has 1 amide bonds. The summed E-state index contributed by atoms with van der Waals surface area (Å²) in [7, 11) is 1.80. The van der Waals surface area contributed by atoms with Crippen molar-refractivity contribution in [3.63, 3.8) is 0 Å². The number of carbonyl (C=O) groups is 1. The molecule has 0 saturated carbocycles. The van der Waals surface area contributed by atoms with E-state index in [1.807, 2.05) is 25.1 Å². The first-order valence-corrected chi connectivity index (χ1v) is 6.38. The van der Waals surface area contributed by atoms with Crippen molar-refractivity contribution in [1.82, 2.24) is 9.88 Å². The van der Waals surface area contributed by atoms with Gasteiger partial charge in [-0.3, -0.25) is 4.79 Å². The number of aromatic nitrogens is 1. The lowest BCUT2D eigenvalue weighted by Crippen LogP contribution is -2.27. The second-order valence-electron chi connectivity index (χ2n) is 4.92. The Bertz CT molecular complexity index is 563. The molecule has 0 fully saturated rings. The van der Waals surface area contributed by atoms with E-state index in [9.17, 15) is 4.79 Å². The Morgan fingerprint density at radius 1 is 1.53 bits per heavy atom. The van der Waals surface area contributed by atoms with Crippen LogP contribution >= 0.6 is 0 Å². The summed E-state index contributed by atoms with van der Waals surface area (Å²) in [5, 5.41) is 0. The maximum absolute atomic E-state index is 11.9. The highest BCUT2D eigenvalue weighted by Crippen LogP contribution is 2.15. The van der Waals surface area contributed by atoms with E-state index >= 15 is 0 Å². The van der Waals surface area contributed by atoms with Gasteiger partial charge in [-0.25, -0.2) is 4.98 Å². The third kappa shape index (κ3) is 3.54. The van der Waals surface area contributed by atoms with Gasteiger partial charge in [0.15, 0.2) is 12.0 Å². The van der Waals surface area contributed by atoms with E-state index in [1.165, 1.54) is 6.39 Å². The first kappa shape index (κ1) is 13.5. The molecule has 2 N–H and O–H groups in total. The lowest BCUT2D eigenvalue weighted by atomic mass is 10.1. The molecule has 0 aliphatic rings. The summed E-state index contributed by atoms with van der Waals surface area (Å²) in [4.78, 5) is 17.7. The van der Waals surface area contributed by atoms with Crippen LogP contribution in [-0.2, 0) is 11.3 Å². The summed E-state index contributed by atoms with van der Waals surface area (Å²) in [5.41, 5.74) is 8.26. The van der Waals surface area contributed by atoms with E-state index in [0.717, 1.165) is 16.7 Å². The highest BCUT2D eigenvalue weighted by molar-refractivity contribution is 5.76. The van der Waals surface area contributed by atoms with Crippen LogP contribution in [0, 0.1) is 0 Å². The molecule has 19 heavy (non-hydrogen) atoms. The molecule has 0 bridgehead atoms. The van der Waals surface area contributed by atoms with Crippen LogP contribution in [0.2, 0.25) is 0 Å². The molecule has 1 atom stereocenters. The summed E-state index contributed by atoms with van der Waals surface area (Å²) in [6, 6.07) is 5.83. The van der Waals surface area contributed by atoms with Gasteiger partial charge in [-0.2, -0.15) is 0 Å². The number of nitrogens with two attached hydrogens (primary N) is 1. The summed E-state index contributed by atoms with van der Waals surface area (Å²) in [6.07, 6.45) is 2.62. The van der Waals surface area contributed by atoms with Gasteiger partial charge in [-0.15, -0.1) is 0 Å². The molecule has 0 radical (unpaired) electrons. The molecule has 5 heteroatoms. The minimum atomic E-state index is 0.0582. The van der Waals surface area contributed by atoms with Crippen LogP contribution in [0.1, 0.15) is 25.3 Å². The van der Waals surface area contributed by atoms with E-state index in [2.05, 4.69) is 4.98 Å². The predicted octanol–water partition coefficient (Wildman–Crippen LogP) is 1.91. The lowest BCUT2D eigenvalue weighted by molar-refractivity contribution is -0.130. The summed E-state index contributed by atoms with van der Waals surface area (Å²) >= 11 is 0. The highest BCUT2D eigenvalue weighted by Gasteiger charge is 2.11. The van der Waals surface area contributed by atoms with Crippen LogP contribution < -0.4 is 5.73 Å². The average molecular weight is 261 g/mol. The van der Waals surface area contributed by atoms with Gasteiger partial charge in [-0.1, -0.05) is 6.07 Å². The summed E-state index contributed by atoms with van der Waals surface area (Å²) in [5.74, 6) is 0.106. The quantitative estimate of drug-likeness (QED) is 0.892. The Kier molecular flexibility index (Phi) is 4.16. The van der Waals surface area contributed by atoms with Gasteiger partial charge in [0.2, 0.25) is 5.91 Å². The SMILES string of the molecule is CC(N)CCC(=O)N(C)Cc1ccc2ncoc2c1. The number of amides is 1. The minimum absolute atomic E-state index is 0.0582. The van der Waals surface area contributed by atoms with E-state index in [-0.39, 0.29) is 11.9 Å². The van der Waals surface area contributed by atoms with Crippen LogP contribution in [0.25, 0.3) is 11.1 Å². The van der Waals surface area contributed by atoms with Crippen molar-refractivity contribution in [2.45, 2.75) is 32.4 Å². The van der Waals surface area contributed by atoms with Crippen molar-refractivity contribution in [1.29, 1.82) is 0 Å². The fourth-order valence-corrected chi connectivity index (χ4v) is 1.90. The number of hydrogen-bond acceptors (Lipinski definition) is 4. The molecule has 1 aromatic heterocycles. The van der Waals surface area contributed by atoms with Gasteiger partial charge in [0.25, 0.3) is 0 Å². The molecule has 0 aliphatic carbocycles. The number of oxazole rings is 1. The highest BCUT2D eigenvalue weighted by atomic mass is 16.3. The molecular formula is C14H19N3O2. The molecule has 0 saturated heterocycles. The molecule has 2 aromatic rings. The smallest absolute Gasteiger partial charge is 0.222 e. The van der Waals surface area contributed by atoms with Crippen molar-refractivity contribution in [3.05, 3.63) is 30.2 Å². The molecule has 1 heterocycles. The van der Waals surface area contributed by atoms with Crippen LogP contribution in [0.5, 0.6) is 0 Å². The molecule has 0 aliphatic heterocycles. The number of benzene rings is 1. The molecule has 5 nitrogen and oxygen atoms in total. The van der Waals surface area contributed by atoms with Gasteiger partial charge in [-0.05, 0) is 31.0 Å². The third-order valence-corrected chi connectivity index (χ3v) is 3.05. The zero-order valence-corrected chi connectivity index (χ0v) is 11.3. The van der Waals surface area contributed by atoms with E-state index in [4.69, 9.17) is 10.2 Å². The van der Waals surface area contributed by atoms with E-state index in [1.54, 1.807) is 11.9 Å². The van der Waals surface area contributed by atoms with Crippen LogP contribution in [0.3, 0.4) is 0 Å². The first-order chi connectivity index (χ1) is 9.06. The second-order valence-corrected chi connectivity index (χ2v) is 4.92. The van der Waals surface area contributed by atoms with Crippen molar-refractivity contribution in [3.8, 4) is 0 Å². The van der Waals surface area contributed by atoms with Gasteiger partial charge in [0.1, 0.15) is 5.52 Å². The monoisotopic (exact) mass is 261 g/mol. The van der Waals surface area contributed by atoms with Crippen molar-refractivity contribution >= 4 is 17.0 Å². The number of carbonyl (C=O) groups excluding carboxylic acids is 1. The molecule has 0 spiro atoms. The maximum Gasteiger partial charge on any atom is 0.222 e. The number of fused-ring (bicyclic) bond motifs is 1. The fraction of sp³-hybridized carbons (Fsp3) is 0.429. The Morgan fingerprint density at radius 2 is 2.32 bits per heavy atom. The van der Waals surface area contributed by atoms with Crippen LogP contribution in [0.15, 0.2) is 29.0 Å². The van der Waals surface area contributed by atoms with Crippen LogP contribution in [-0.4, -0.2) is 28.9 Å². The molecule has 2 rings (SSSR count). The predicted molar refractivity (Wildman–Crippen MR) is 73.4 cm³/mol. The molecular weight excluding hydrogens is 242 g/mol. The Balaban J connectivity index is 1.97. The zero-order valence-electron chi connectivity index (χ0n) is 11.3. The zero-order chi connectivity index (χ0) is 13.8. The topological polar surface area (TPSA) is 72.4 Å². The maximum atomic E-state index is 11.9. The van der Waals surface area contributed by atoms with Gasteiger partial charge in [0.05, 0.1) is 0 Å². The standard InChI is InChI=1S/C14H19N3O2/c1-10(15)3-6-14(18)17(2)8-11-4-5-12-13(7-11)19-9-16-12/h4-5,7,9-10H,3,6,8,15H2,1-2H3. The largest absolute Gasteiger partial charge is 0.443 e. The molecule has 1 aromatic carbocycles.